The molecule has 0 aromatic heterocycles. The maximum absolute atomic E-state index is 9.54. The average Bonchev–Trinajstić information content (AvgIpc) is 2.59. The third-order valence-electron chi connectivity index (χ3n) is 4.43. The van der Waals surface area contributed by atoms with E-state index in [9.17, 15) is 5.11 Å². The first-order valence-electron chi connectivity index (χ1n) is 9.26. The summed E-state index contributed by atoms with van der Waals surface area (Å²) in [5.74, 6) is 1.16. The van der Waals surface area contributed by atoms with Crippen LogP contribution in [0.4, 0.5) is 0 Å². The molecule has 1 aromatic rings. The number of aromatic hydroxyl groups is 1. The van der Waals surface area contributed by atoms with Crippen LogP contribution in [0.1, 0.15) is 45.1 Å². The molecule has 6 heteroatoms. The first-order chi connectivity index (χ1) is 11.7. The van der Waals surface area contributed by atoms with Crippen molar-refractivity contribution in [3.8, 4) is 5.75 Å². The second-order valence-electron chi connectivity index (χ2n) is 6.48. The number of piperidine rings is 1. The number of unbranched alkanes of at least 4 members (excludes halogenated alkanes) is 1. The van der Waals surface area contributed by atoms with E-state index in [1.165, 1.54) is 45.3 Å². The van der Waals surface area contributed by atoms with E-state index in [2.05, 4.69) is 34.4 Å². The lowest BCUT2D eigenvalue weighted by atomic mass is 10.0. The summed E-state index contributed by atoms with van der Waals surface area (Å²) in [6.07, 6.45) is 4.90. The Hall–Kier alpha value is -1.02. The molecule has 0 unspecified atom stereocenters. The number of nitrogens with one attached hydrogen (secondary N) is 2. The Kier molecular flexibility index (Phi) is 10.9. The summed E-state index contributed by atoms with van der Waals surface area (Å²) in [6.45, 7) is 9.32. The van der Waals surface area contributed by atoms with Crippen LogP contribution >= 0.6 is 24.0 Å². The van der Waals surface area contributed by atoms with Crippen molar-refractivity contribution in [3.05, 3.63) is 29.8 Å². The van der Waals surface area contributed by atoms with E-state index in [0.29, 0.717) is 18.3 Å². The second-order valence-corrected chi connectivity index (χ2v) is 6.48. The van der Waals surface area contributed by atoms with Crippen molar-refractivity contribution < 1.29 is 5.11 Å². The van der Waals surface area contributed by atoms with E-state index in [0.717, 1.165) is 18.1 Å². The molecule has 1 aromatic carbocycles. The Labute approximate surface area is 169 Å². The zero-order valence-corrected chi connectivity index (χ0v) is 17.8. The lowest BCUT2D eigenvalue weighted by molar-refractivity contribution is 0.203. The summed E-state index contributed by atoms with van der Waals surface area (Å²) in [5, 5.41) is 16.4. The molecule has 0 atom stereocenters. The van der Waals surface area contributed by atoms with Gasteiger partial charge in [-0.2, -0.15) is 0 Å². The van der Waals surface area contributed by atoms with Gasteiger partial charge in [0.05, 0.1) is 6.54 Å². The van der Waals surface area contributed by atoms with E-state index >= 15 is 0 Å². The summed E-state index contributed by atoms with van der Waals surface area (Å²) in [6, 6.07) is 7.78. The lowest BCUT2D eigenvalue weighted by Gasteiger charge is -2.33. The van der Waals surface area contributed by atoms with Gasteiger partial charge in [0.2, 0.25) is 0 Å². The van der Waals surface area contributed by atoms with Crippen molar-refractivity contribution in [1.29, 1.82) is 0 Å². The van der Waals surface area contributed by atoms with E-state index < -0.39 is 0 Å². The molecular weight excluding hydrogens is 427 g/mol. The van der Waals surface area contributed by atoms with Crippen LogP contribution in [0.3, 0.4) is 0 Å². The minimum atomic E-state index is 0. The van der Waals surface area contributed by atoms with Crippen molar-refractivity contribution in [2.45, 2.75) is 52.1 Å². The molecule has 1 heterocycles. The van der Waals surface area contributed by atoms with Gasteiger partial charge in [0, 0.05) is 25.7 Å². The molecule has 0 spiro atoms. The van der Waals surface area contributed by atoms with Crippen LogP contribution in [0.15, 0.2) is 29.3 Å². The van der Waals surface area contributed by atoms with Crippen LogP contribution in [-0.4, -0.2) is 48.2 Å². The average molecular weight is 460 g/mol. The van der Waals surface area contributed by atoms with Gasteiger partial charge in [-0.25, -0.2) is 4.99 Å². The van der Waals surface area contributed by atoms with Gasteiger partial charge in [-0.15, -0.1) is 24.0 Å². The van der Waals surface area contributed by atoms with Gasteiger partial charge < -0.3 is 20.6 Å². The summed E-state index contributed by atoms with van der Waals surface area (Å²) >= 11 is 0. The molecule has 142 valence electrons. The third-order valence-corrected chi connectivity index (χ3v) is 4.43. The monoisotopic (exact) mass is 460 g/mol. The van der Waals surface area contributed by atoms with Crippen molar-refractivity contribution in [2.75, 3.05) is 26.2 Å². The number of guanidine groups is 1. The van der Waals surface area contributed by atoms with Gasteiger partial charge in [0.25, 0.3) is 0 Å². The Balaban J connectivity index is 0.00000312. The summed E-state index contributed by atoms with van der Waals surface area (Å²) in [5.41, 5.74) is 1.02. The molecule has 5 nitrogen and oxygen atoms in total. The third kappa shape index (κ3) is 8.27. The van der Waals surface area contributed by atoms with Crippen molar-refractivity contribution in [2.24, 2.45) is 4.99 Å². The molecule has 1 saturated heterocycles. The highest BCUT2D eigenvalue weighted by Gasteiger charge is 2.19. The number of phenols is 1. The Morgan fingerprint density at radius 2 is 2.04 bits per heavy atom. The number of rotatable bonds is 7. The van der Waals surface area contributed by atoms with Gasteiger partial charge >= 0.3 is 0 Å². The minimum absolute atomic E-state index is 0. The highest BCUT2D eigenvalue weighted by Crippen LogP contribution is 2.13. The Morgan fingerprint density at radius 1 is 1.28 bits per heavy atom. The number of benzene rings is 1. The number of hydrogen-bond donors (Lipinski definition) is 3. The molecule has 0 amide bonds. The van der Waals surface area contributed by atoms with E-state index in [1.807, 2.05) is 12.1 Å². The van der Waals surface area contributed by atoms with E-state index in [4.69, 9.17) is 0 Å². The van der Waals surface area contributed by atoms with Crippen molar-refractivity contribution in [1.82, 2.24) is 15.5 Å². The molecule has 3 N–H and O–H groups in total. The van der Waals surface area contributed by atoms with Crippen molar-refractivity contribution in [3.63, 3.8) is 0 Å². The normalized spacial score (nSPS) is 16.3. The fourth-order valence-electron chi connectivity index (χ4n) is 3.02. The number of nitrogens with zero attached hydrogens (tertiary/aromatic N) is 2. The number of phenolic OH excluding ortho intramolecular Hbond substituents is 1. The molecule has 0 radical (unpaired) electrons. The quantitative estimate of drug-likeness (QED) is 0.332. The van der Waals surface area contributed by atoms with Crippen molar-refractivity contribution >= 4 is 29.9 Å². The van der Waals surface area contributed by atoms with E-state index in [1.54, 1.807) is 12.1 Å². The molecule has 1 aliphatic rings. The molecule has 2 rings (SSSR count). The Bertz CT molecular complexity index is 516. The van der Waals surface area contributed by atoms with Gasteiger partial charge in [-0.3, -0.25) is 0 Å². The molecule has 0 aliphatic carbocycles. The van der Waals surface area contributed by atoms with Gasteiger partial charge in [0.1, 0.15) is 5.75 Å². The van der Waals surface area contributed by atoms with Crippen LogP contribution in [0.2, 0.25) is 0 Å². The fourth-order valence-corrected chi connectivity index (χ4v) is 3.02. The topological polar surface area (TPSA) is 59.9 Å². The Morgan fingerprint density at radius 3 is 2.68 bits per heavy atom. The molecular formula is C19H33IN4O. The first-order valence-corrected chi connectivity index (χ1v) is 9.26. The van der Waals surface area contributed by atoms with Crippen LogP contribution in [0.25, 0.3) is 0 Å². The SMILES string of the molecule is CCCCN1CCC(NC(=NCc2cccc(O)c2)NCC)CC1.I. The fraction of sp³-hybridized carbons (Fsp3) is 0.632. The molecule has 1 aliphatic heterocycles. The van der Waals surface area contributed by atoms with Crippen LogP contribution < -0.4 is 10.6 Å². The largest absolute Gasteiger partial charge is 0.508 e. The second kappa shape index (κ2) is 12.4. The number of aliphatic imine (C=N–C) groups is 1. The molecule has 0 bridgehead atoms. The van der Waals surface area contributed by atoms with Gasteiger partial charge in [-0.1, -0.05) is 25.5 Å². The molecule has 1 fully saturated rings. The summed E-state index contributed by atoms with van der Waals surface area (Å²) in [7, 11) is 0. The predicted octanol–water partition coefficient (Wildman–Crippen LogP) is 3.33. The zero-order valence-electron chi connectivity index (χ0n) is 15.5. The standard InChI is InChI=1S/C19H32N4O.HI/c1-3-5-11-23-12-9-17(10-13-23)22-19(20-4-2)21-15-16-7-6-8-18(24)14-16;/h6-8,14,17,24H,3-5,9-13,15H2,1-2H3,(H2,20,21,22);1H. The van der Waals surface area contributed by atoms with Gasteiger partial charge in [-0.05, 0) is 50.4 Å². The van der Waals surface area contributed by atoms with Crippen LogP contribution in [-0.2, 0) is 6.54 Å². The smallest absolute Gasteiger partial charge is 0.191 e. The van der Waals surface area contributed by atoms with Crippen LogP contribution in [0, 0.1) is 0 Å². The maximum Gasteiger partial charge on any atom is 0.191 e. The summed E-state index contributed by atoms with van der Waals surface area (Å²) in [4.78, 5) is 7.23. The maximum atomic E-state index is 9.54. The molecule has 25 heavy (non-hydrogen) atoms. The molecule has 0 saturated carbocycles. The highest BCUT2D eigenvalue weighted by molar-refractivity contribution is 14.0. The lowest BCUT2D eigenvalue weighted by Crippen LogP contribution is -2.48. The number of halogens is 1. The van der Waals surface area contributed by atoms with E-state index in [-0.39, 0.29) is 24.0 Å². The highest BCUT2D eigenvalue weighted by atomic mass is 127. The number of likely N-dealkylation sites (tertiary alicyclic amines) is 1. The summed E-state index contributed by atoms with van der Waals surface area (Å²) < 4.78 is 0. The predicted molar refractivity (Wildman–Crippen MR) is 116 cm³/mol. The number of hydrogen-bond acceptors (Lipinski definition) is 3. The van der Waals surface area contributed by atoms with Crippen LogP contribution in [0.5, 0.6) is 5.75 Å². The first kappa shape index (κ1) is 22.0. The zero-order chi connectivity index (χ0) is 17.2. The minimum Gasteiger partial charge on any atom is -0.508 e. The van der Waals surface area contributed by atoms with Gasteiger partial charge in [0.15, 0.2) is 5.96 Å².